The van der Waals surface area contributed by atoms with E-state index in [9.17, 15) is 0 Å². The molecule has 126 heavy (non-hydrogen) atoms. The van der Waals surface area contributed by atoms with E-state index in [1.54, 1.807) is 34.0 Å². The van der Waals surface area contributed by atoms with Crippen molar-refractivity contribution in [1.29, 1.82) is 0 Å². The predicted molar refractivity (Wildman–Crippen MR) is 530 cm³/mol. The van der Waals surface area contributed by atoms with Crippen molar-refractivity contribution in [1.82, 2.24) is 55.6 Å². The molecule has 0 atom stereocenters. The van der Waals surface area contributed by atoms with E-state index in [4.69, 9.17) is 15.0 Å². The Morgan fingerprint density at radius 3 is 0.944 bits per heavy atom. The van der Waals surface area contributed by atoms with Crippen molar-refractivity contribution in [3.05, 3.63) is 401 Å². The van der Waals surface area contributed by atoms with E-state index in [0.29, 0.717) is 0 Å². The third kappa shape index (κ3) is 10.1. The van der Waals surface area contributed by atoms with E-state index in [1.165, 1.54) is 176 Å². The van der Waals surface area contributed by atoms with Gasteiger partial charge in [-0.15, -0.1) is 34.0 Å². The highest BCUT2D eigenvalue weighted by atomic mass is 32.1. The molecule has 0 bridgehead atoms. The molecule has 0 N–H and O–H groups in total. The normalized spacial score (nSPS) is 12.3. The molecule has 15 heterocycles. The van der Waals surface area contributed by atoms with Crippen molar-refractivity contribution >= 4 is 243 Å². The van der Waals surface area contributed by atoms with Crippen LogP contribution in [0, 0.1) is 0 Å². The Morgan fingerprint density at radius 2 is 0.500 bits per heavy atom. The monoisotopic (exact) mass is 1660 g/mol. The molecule has 588 valence electrons. The fourth-order valence-corrected chi connectivity index (χ4v) is 23.7. The van der Waals surface area contributed by atoms with Crippen LogP contribution in [-0.2, 0) is 0 Å². The van der Waals surface area contributed by atoms with Gasteiger partial charge in [0.25, 0.3) is 0 Å². The summed E-state index contributed by atoms with van der Waals surface area (Å²) in [5.41, 5.74) is 27.0. The van der Waals surface area contributed by atoms with Crippen LogP contribution in [0.1, 0.15) is 0 Å². The Hall–Kier alpha value is -16.2. The topological polar surface area (TPSA) is 81.5 Å². The first-order chi connectivity index (χ1) is 62.5. The van der Waals surface area contributed by atoms with Crippen molar-refractivity contribution < 1.29 is 0 Å². The minimum atomic E-state index is 0.929. The summed E-state index contributed by atoms with van der Waals surface area (Å²) < 4.78 is 27.3. The molecule has 0 unspecified atom stereocenters. The fraction of sp³-hybridized carbons (Fsp3) is 0. The van der Waals surface area contributed by atoms with Gasteiger partial charge in [0.2, 0.25) is 0 Å². The molecule has 15 aromatic heterocycles. The molecule has 0 aliphatic carbocycles. The van der Waals surface area contributed by atoms with E-state index in [1.807, 2.05) is 12.4 Å². The highest BCUT2D eigenvalue weighted by Gasteiger charge is 2.25. The molecule has 0 fully saturated rings. The second-order valence-corrected chi connectivity index (χ2v) is 35.9. The van der Waals surface area contributed by atoms with Crippen LogP contribution in [0.5, 0.6) is 0 Å². The van der Waals surface area contributed by atoms with Gasteiger partial charge >= 0.3 is 0 Å². The predicted octanol–water partition coefficient (Wildman–Crippen LogP) is 29.7. The number of imidazole rings is 3. The largest absolute Gasteiger partial charge is 0.309 e. The molecule has 15 heteroatoms. The van der Waals surface area contributed by atoms with Crippen LogP contribution in [0.2, 0.25) is 0 Å². The highest BCUT2D eigenvalue weighted by molar-refractivity contribution is 7.26. The van der Waals surface area contributed by atoms with Gasteiger partial charge in [-0.25, -0.2) is 15.0 Å². The second-order valence-electron chi connectivity index (χ2n) is 32.7. The molecule has 0 radical (unpaired) electrons. The summed E-state index contributed by atoms with van der Waals surface area (Å²) in [6.45, 7) is 0. The van der Waals surface area contributed by atoms with Gasteiger partial charge < -0.3 is 13.7 Å². The highest BCUT2D eigenvalue weighted by Crippen LogP contribution is 2.45. The van der Waals surface area contributed by atoms with Gasteiger partial charge in [-0.3, -0.25) is 26.9 Å². The molecule has 0 aliphatic heterocycles. The molecule has 30 rings (SSSR count). The lowest BCUT2D eigenvalue weighted by molar-refractivity contribution is 1.07. The van der Waals surface area contributed by atoms with E-state index in [0.717, 1.165) is 67.0 Å². The third-order valence-electron chi connectivity index (χ3n) is 26.0. The van der Waals surface area contributed by atoms with Gasteiger partial charge in [0.15, 0.2) is 0 Å². The number of nitrogens with zero attached hydrogens (tertiary/aromatic N) is 12. The molecule has 0 amide bonds. The molecular weight excluding hydrogens is 1600 g/mol. The summed E-state index contributed by atoms with van der Waals surface area (Å²) in [6, 6.07) is 140. The molecule has 15 aromatic carbocycles. The van der Waals surface area contributed by atoms with Crippen LogP contribution in [0.3, 0.4) is 0 Å². The quantitative estimate of drug-likeness (QED) is 0.166. The van der Waals surface area contributed by atoms with Gasteiger partial charge in [0.1, 0.15) is 33.4 Å². The first-order valence-corrected chi connectivity index (χ1v) is 44.9. The lowest BCUT2D eigenvalue weighted by Gasteiger charge is -2.09. The Kier molecular flexibility index (Phi) is 14.7. The summed E-state index contributed by atoms with van der Waals surface area (Å²) in [6.07, 6.45) is 4.07. The Morgan fingerprint density at radius 1 is 0.183 bits per heavy atom. The molecule has 30 aromatic rings. The van der Waals surface area contributed by atoms with E-state index in [2.05, 4.69) is 429 Å². The van der Waals surface area contributed by atoms with Gasteiger partial charge in [-0.1, -0.05) is 200 Å². The number of fused-ring (bicyclic) bond motifs is 33. The zero-order chi connectivity index (χ0) is 82.1. The van der Waals surface area contributed by atoms with Gasteiger partial charge in [-0.2, -0.15) is 0 Å². The Labute approximate surface area is 728 Å². The number of para-hydroxylation sites is 15. The van der Waals surface area contributed by atoms with Crippen molar-refractivity contribution in [3.8, 4) is 34.4 Å². The molecule has 0 aliphatic rings. The molecule has 0 saturated heterocycles. The van der Waals surface area contributed by atoms with Crippen molar-refractivity contribution in [3.63, 3.8) is 0 Å². The lowest BCUT2D eigenvalue weighted by Crippen LogP contribution is -1.97. The minimum Gasteiger partial charge on any atom is -0.309 e. The summed E-state index contributed by atoms with van der Waals surface area (Å²) in [5, 5.41) is 17.4. The maximum absolute atomic E-state index is 5.37. The molecular formula is C111H66N12S3. The first kappa shape index (κ1) is 69.5. The summed E-state index contributed by atoms with van der Waals surface area (Å²) in [7, 11) is 0. The summed E-state index contributed by atoms with van der Waals surface area (Å²) >= 11 is 5.37. The van der Waals surface area contributed by atoms with Crippen LogP contribution in [0.4, 0.5) is 0 Å². The maximum atomic E-state index is 5.37. The Balaban J connectivity index is 0.0000000961. The first-order valence-electron chi connectivity index (χ1n) is 42.4. The molecule has 0 saturated carbocycles. The van der Waals surface area contributed by atoms with Crippen molar-refractivity contribution in [2.75, 3.05) is 0 Å². The summed E-state index contributed by atoms with van der Waals surface area (Å²) in [5.74, 6) is 1.86. The maximum Gasteiger partial charge on any atom is 0.139 e. The van der Waals surface area contributed by atoms with Crippen molar-refractivity contribution in [2.45, 2.75) is 0 Å². The fourth-order valence-electron chi connectivity index (χ4n) is 20.6. The lowest BCUT2D eigenvalue weighted by atomic mass is 10.1. The molecule has 0 spiro atoms. The second kappa shape index (κ2) is 26.7. The zero-order valence-corrected chi connectivity index (χ0v) is 69.6. The van der Waals surface area contributed by atoms with Crippen LogP contribution >= 0.6 is 34.0 Å². The van der Waals surface area contributed by atoms with Crippen LogP contribution in [0.25, 0.3) is 243 Å². The average molecular weight is 1660 g/mol. The van der Waals surface area contributed by atoms with E-state index >= 15 is 0 Å². The number of thiophene rings is 3. The number of rotatable bonds is 6. The van der Waals surface area contributed by atoms with Crippen molar-refractivity contribution in [2.24, 2.45) is 0 Å². The van der Waals surface area contributed by atoms with Crippen LogP contribution < -0.4 is 0 Å². The minimum absolute atomic E-state index is 0.929. The number of hydrogen-bond donors (Lipinski definition) is 0. The van der Waals surface area contributed by atoms with E-state index < -0.39 is 0 Å². The number of aromatic nitrogens is 12. The average Bonchev–Trinajstić information content (AvgIpc) is 1.57. The number of pyridine rings is 3. The number of hydrogen-bond acceptors (Lipinski definition) is 6. The SMILES string of the molecule is c1ccc2c(c1)cc1n(-c3cc4c(cn3)sc3ccc(-n5c6ccccc6c6ccccc65)cc34)c3ccccc3n21.c1ccc2c(c1)cc1n(-c3ccc4sc5ccc(-n6c7ccccc7c7ccccc76)cc5c4n3)c3ccccc3n21.c1ccc2c(c1)cc1n(-c3cnc4sc5ccc(-n6c7ccccc7c7ccccc76)cc5c4c3)c3ccccc3n21. The van der Waals surface area contributed by atoms with Gasteiger partial charge in [0.05, 0.1) is 110 Å². The summed E-state index contributed by atoms with van der Waals surface area (Å²) in [4.78, 5) is 16.5. The smallest absolute Gasteiger partial charge is 0.139 e. The third-order valence-corrected chi connectivity index (χ3v) is 29.3. The van der Waals surface area contributed by atoms with Gasteiger partial charge in [0, 0.05) is 113 Å². The molecule has 12 nitrogen and oxygen atoms in total. The van der Waals surface area contributed by atoms with Crippen LogP contribution in [-0.4, -0.2) is 55.6 Å². The van der Waals surface area contributed by atoms with Crippen LogP contribution in [0.15, 0.2) is 401 Å². The standard InChI is InChI=1S/3C37H22N4S/c1-4-12-30-23(9-1)19-36-40(33-15-7-8-16-34(33)41(30)36)25-21-29-28-20-24(17-18-35(28)42-37(29)38-22-25)39-31-13-5-2-10-26(31)27-11-3-6-14-32(27)39;1-4-12-29-23(9-1)19-37-40(29)32-15-7-8-16-33(32)41(37)36-21-28-27-20-24(17-18-34(27)42-35(28)22-38-36)39-30-13-5-2-10-25(30)26-11-3-6-14-31(26)39;1-4-12-28-23(9-1)21-36-40(28)31-15-7-8-16-32(31)41(36)35-20-19-34-37(38-35)27-22-24(17-18-33(27)42-34)39-29-13-5-2-10-25(29)26-11-3-6-14-30(26)39/h3*1-22H. The van der Waals surface area contributed by atoms with Gasteiger partial charge in [-0.05, 0) is 188 Å². The number of benzene rings is 15. The van der Waals surface area contributed by atoms with E-state index in [-0.39, 0.29) is 0 Å². The zero-order valence-electron chi connectivity index (χ0n) is 67.2. The Bertz CT molecular complexity index is 8830.